The van der Waals surface area contributed by atoms with Gasteiger partial charge in [-0.1, -0.05) is 57.2 Å². The predicted molar refractivity (Wildman–Crippen MR) is 95.8 cm³/mol. The first-order valence-electron chi connectivity index (χ1n) is 8.76. The first-order valence-corrected chi connectivity index (χ1v) is 8.76. The number of aryl methyl sites for hydroxylation is 1. The second kappa shape index (κ2) is 11.3. The van der Waals surface area contributed by atoms with E-state index in [2.05, 4.69) is 25.6 Å². The van der Waals surface area contributed by atoms with E-state index < -0.39 is 5.79 Å². The van der Waals surface area contributed by atoms with Crippen molar-refractivity contribution in [1.82, 2.24) is 0 Å². The van der Waals surface area contributed by atoms with E-state index >= 15 is 0 Å². The molecule has 1 N–H and O–H groups in total. The molecule has 0 aliphatic heterocycles. The summed E-state index contributed by atoms with van der Waals surface area (Å²) in [4.78, 5) is 0. The molecule has 0 amide bonds. The Morgan fingerprint density at radius 3 is 2.65 bits per heavy atom. The number of hydrogen-bond donors (Lipinski definition) is 1. The van der Waals surface area contributed by atoms with E-state index in [0.717, 1.165) is 12.2 Å². The molecule has 0 saturated heterocycles. The smallest absolute Gasteiger partial charge is 0.197 e. The minimum absolute atomic E-state index is 0.0985. The molecule has 0 radical (unpaired) electrons. The lowest BCUT2D eigenvalue weighted by molar-refractivity contribution is -0.199. The monoisotopic (exact) mass is 320 g/mol. The number of aliphatic hydroxyl groups is 1. The molecule has 0 spiro atoms. The maximum absolute atomic E-state index is 10.0. The van der Waals surface area contributed by atoms with Gasteiger partial charge in [0, 0.05) is 0 Å². The Morgan fingerprint density at radius 2 is 1.91 bits per heavy atom. The first-order chi connectivity index (χ1) is 11.1. The lowest BCUT2D eigenvalue weighted by Gasteiger charge is -2.23. The molecule has 3 nitrogen and oxygen atoms in total. The second-order valence-electron chi connectivity index (χ2n) is 6.23. The molecule has 23 heavy (non-hydrogen) atoms. The third kappa shape index (κ3) is 9.42. The quantitative estimate of drug-likeness (QED) is 0.320. The summed E-state index contributed by atoms with van der Waals surface area (Å²) in [5.74, 6) is -0.528. The summed E-state index contributed by atoms with van der Waals surface area (Å²) in [6, 6.07) is 8.09. The Balaban J connectivity index is 2.33. The van der Waals surface area contributed by atoms with Crippen molar-refractivity contribution >= 4 is 0 Å². The van der Waals surface area contributed by atoms with E-state index in [4.69, 9.17) is 9.47 Å². The summed E-state index contributed by atoms with van der Waals surface area (Å²) in [6.07, 6.45) is 10.5. The Morgan fingerprint density at radius 1 is 1.17 bits per heavy atom. The highest BCUT2D eigenvalue weighted by Gasteiger charge is 2.21. The molecule has 1 aromatic rings. The molecule has 1 unspecified atom stereocenters. The molecular weight excluding hydrogens is 288 g/mol. The van der Waals surface area contributed by atoms with Gasteiger partial charge in [0.05, 0.1) is 6.61 Å². The van der Waals surface area contributed by atoms with Crippen molar-refractivity contribution in [1.29, 1.82) is 0 Å². The van der Waals surface area contributed by atoms with Crippen LogP contribution in [0.4, 0.5) is 0 Å². The average Bonchev–Trinajstić information content (AvgIpc) is 2.55. The van der Waals surface area contributed by atoms with Crippen LogP contribution in [0.3, 0.4) is 0 Å². The van der Waals surface area contributed by atoms with Crippen LogP contribution >= 0.6 is 0 Å². The zero-order valence-corrected chi connectivity index (χ0v) is 14.7. The van der Waals surface area contributed by atoms with Crippen LogP contribution in [0.25, 0.3) is 0 Å². The van der Waals surface area contributed by atoms with Crippen LogP contribution in [0, 0.1) is 0 Å². The van der Waals surface area contributed by atoms with Gasteiger partial charge in [0.15, 0.2) is 5.79 Å². The van der Waals surface area contributed by atoms with Gasteiger partial charge in [0.25, 0.3) is 0 Å². The first kappa shape index (κ1) is 19.7. The summed E-state index contributed by atoms with van der Waals surface area (Å²) >= 11 is 0. The SMILES string of the molecule is C=CCOC(C)(O)COc1cccc(CCCCCCCC)c1. The maximum Gasteiger partial charge on any atom is 0.197 e. The molecule has 0 aromatic heterocycles. The molecule has 1 aromatic carbocycles. The molecule has 0 heterocycles. The molecule has 0 bridgehead atoms. The van der Waals surface area contributed by atoms with Crippen LogP contribution in [0.15, 0.2) is 36.9 Å². The van der Waals surface area contributed by atoms with Gasteiger partial charge in [-0.15, -0.1) is 6.58 Å². The molecule has 130 valence electrons. The number of ether oxygens (including phenoxy) is 2. The molecule has 3 heteroatoms. The van der Waals surface area contributed by atoms with Gasteiger partial charge in [0.1, 0.15) is 12.4 Å². The van der Waals surface area contributed by atoms with Crippen LogP contribution in [0.1, 0.15) is 57.9 Å². The normalized spacial score (nSPS) is 13.5. The van der Waals surface area contributed by atoms with Crippen molar-refractivity contribution in [2.75, 3.05) is 13.2 Å². The number of rotatable bonds is 13. The van der Waals surface area contributed by atoms with Crippen LogP contribution in [0.5, 0.6) is 5.75 Å². The van der Waals surface area contributed by atoms with Gasteiger partial charge < -0.3 is 14.6 Å². The van der Waals surface area contributed by atoms with Crippen LogP contribution in [-0.2, 0) is 11.2 Å². The Hall–Kier alpha value is -1.32. The molecule has 1 atom stereocenters. The van der Waals surface area contributed by atoms with E-state index in [-0.39, 0.29) is 6.61 Å². The number of unbranched alkanes of at least 4 members (excludes halogenated alkanes) is 5. The number of benzene rings is 1. The Bertz CT molecular complexity index is 440. The van der Waals surface area contributed by atoms with Crippen molar-refractivity contribution in [2.24, 2.45) is 0 Å². The molecule has 0 aliphatic carbocycles. The summed E-state index contributed by atoms with van der Waals surface area (Å²) in [6.45, 7) is 7.80. The molecule has 1 rings (SSSR count). The van der Waals surface area contributed by atoms with Crippen LogP contribution < -0.4 is 4.74 Å². The second-order valence-corrected chi connectivity index (χ2v) is 6.23. The fraction of sp³-hybridized carbons (Fsp3) is 0.600. The summed E-state index contributed by atoms with van der Waals surface area (Å²) in [5.41, 5.74) is 1.28. The molecule has 0 fully saturated rings. The van der Waals surface area contributed by atoms with Crippen molar-refractivity contribution in [3.05, 3.63) is 42.5 Å². The Labute approximate surface area is 141 Å². The largest absolute Gasteiger partial charge is 0.488 e. The van der Waals surface area contributed by atoms with Crippen molar-refractivity contribution in [3.8, 4) is 5.75 Å². The lowest BCUT2D eigenvalue weighted by atomic mass is 10.0. The van der Waals surface area contributed by atoms with E-state index in [1.165, 1.54) is 44.1 Å². The highest BCUT2D eigenvalue weighted by Crippen LogP contribution is 2.18. The van der Waals surface area contributed by atoms with E-state index in [0.29, 0.717) is 6.61 Å². The van der Waals surface area contributed by atoms with Gasteiger partial charge in [-0.2, -0.15) is 0 Å². The van der Waals surface area contributed by atoms with Gasteiger partial charge in [-0.25, -0.2) is 0 Å². The Kier molecular flexibility index (Phi) is 9.65. The van der Waals surface area contributed by atoms with Crippen LogP contribution in [0.2, 0.25) is 0 Å². The predicted octanol–water partition coefficient (Wildman–Crippen LogP) is 4.88. The highest BCUT2D eigenvalue weighted by molar-refractivity contribution is 5.28. The van der Waals surface area contributed by atoms with Gasteiger partial charge in [-0.3, -0.25) is 0 Å². The minimum Gasteiger partial charge on any atom is -0.488 e. The molecular formula is C20H32O3. The number of hydrogen-bond acceptors (Lipinski definition) is 3. The average molecular weight is 320 g/mol. The zero-order valence-electron chi connectivity index (χ0n) is 14.7. The van der Waals surface area contributed by atoms with E-state index in [1.807, 2.05) is 12.1 Å². The minimum atomic E-state index is -1.30. The maximum atomic E-state index is 10.0. The van der Waals surface area contributed by atoms with Crippen molar-refractivity contribution < 1.29 is 14.6 Å². The zero-order chi connectivity index (χ0) is 17.0. The van der Waals surface area contributed by atoms with E-state index in [9.17, 15) is 5.11 Å². The summed E-state index contributed by atoms with van der Waals surface area (Å²) < 4.78 is 10.9. The third-order valence-corrected chi connectivity index (χ3v) is 3.74. The van der Waals surface area contributed by atoms with Crippen molar-refractivity contribution in [2.45, 2.75) is 64.6 Å². The third-order valence-electron chi connectivity index (χ3n) is 3.74. The van der Waals surface area contributed by atoms with E-state index in [1.54, 1.807) is 13.0 Å². The lowest BCUT2D eigenvalue weighted by Crippen LogP contribution is -2.35. The molecule has 0 saturated carbocycles. The van der Waals surface area contributed by atoms with Gasteiger partial charge >= 0.3 is 0 Å². The van der Waals surface area contributed by atoms with Gasteiger partial charge in [-0.05, 0) is 37.5 Å². The topological polar surface area (TPSA) is 38.7 Å². The summed E-state index contributed by atoms with van der Waals surface area (Å²) in [7, 11) is 0. The standard InChI is InChI=1S/C20H32O3/c1-4-6-7-8-9-10-12-18-13-11-14-19(16-18)22-17-20(3,21)23-15-5-2/h5,11,13-14,16,21H,2,4,6-10,12,15,17H2,1,3H3. The fourth-order valence-corrected chi connectivity index (χ4v) is 2.40. The van der Waals surface area contributed by atoms with Gasteiger partial charge in [0.2, 0.25) is 0 Å². The highest BCUT2D eigenvalue weighted by atomic mass is 16.6. The van der Waals surface area contributed by atoms with Crippen LogP contribution in [-0.4, -0.2) is 24.1 Å². The fourth-order valence-electron chi connectivity index (χ4n) is 2.40. The summed E-state index contributed by atoms with van der Waals surface area (Å²) in [5, 5.41) is 10.0. The molecule has 0 aliphatic rings. The van der Waals surface area contributed by atoms with Crippen molar-refractivity contribution in [3.63, 3.8) is 0 Å².